The van der Waals surface area contributed by atoms with E-state index in [1.165, 1.54) is 11.1 Å². The Morgan fingerprint density at radius 1 is 0.889 bits per heavy atom. The van der Waals surface area contributed by atoms with E-state index in [0.717, 1.165) is 19.3 Å². The normalized spacial score (nSPS) is 14.1. The molecule has 2 N–H and O–H groups in total. The fraction of sp³-hybridized carbons (Fsp3) is 0.294. The molecule has 1 atom stereocenters. The molecule has 0 radical (unpaired) electrons. The van der Waals surface area contributed by atoms with Crippen molar-refractivity contribution < 1.29 is 0 Å². The summed E-state index contributed by atoms with van der Waals surface area (Å²) in [6, 6.07) is 21.0. The van der Waals surface area contributed by atoms with E-state index in [-0.39, 0.29) is 5.54 Å². The van der Waals surface area contributed by atoms with Gasteiger partial charge in [-0.2, -0.15) is 0 Å². The van der Waals surface area contributed by atoms with Gasteiger partial charge in [0, 0.05) is 5.54 Å². The topological polar surface area (TPSA) is 26.0 Å². The molecule has 0 spiro atoms. The molecule has 0 amide bonds. The molecule has 0 aliphatic carbocycles. The third kappa shape index (κ3) is 3.44. The summed E-state index contributed by atoms with van der Waals surface area (Å²) in [6.45, 7) is 2.12. The Morgan fingerprint density at radius 3 is 2.06 bits per heavy atom. The van der Waals surface area contributed by atoms with E-state index in [0.29, 0.717) is 0 Å². The Balaban J connectivity index is 1.90. The van der Waals surface area contributed by atoms with Crippen LogP contribution in [0.1, 0.15) is 30.9 Å². The molecule has 94 valence electrons. The molecule has 0 saturated heterocycles. The molecule has 18 heavy (non-hydrogen) atoms. The van der Waals surface area contributed by atoms with Crippen LogP contribution in [-0.4, -0.2) is 0 Å². The quantitative estimate of drug-likeness (QED) is 0.841. The van der Waals surface area contributed by atoms with Gasteiger partial charge in [-0.3, -0.25) is 0 Å². The van der Waals surface area contributed by atoms with Crippen LogP contribution in [-0.2, 0) is 12.0 Å². The highest BCUT2D eigenvalue weighted by Crippen LogP contribution is 2.23. The fourth-order valence-electron chi connectivity index (χ4n) is 2.27. The minimum atomic E-state index is -0.226. The fourth-order valence-corrected chi connectivity index (χ4v) is 2.27. The van der Waals surface area contributed by atoms with Crippen molar-refractivity contribution in [3.8, 4) is 0 Å². The molecule has 0 aliphatic heterocycles. The van der Waals surface area contributed by atoms with Crippen LogP contribution < -0.4 is 5.73 Å². The molecule has 0 heterocycles. The lowest BCUT2D eigenvalue weighted by Gasteiger charge is -2.25. The van der Waals surface area contributed by atoms with E-state index >= 15 is 0 Å². The Labute approximate surface area is 110 Å². The highest BCUT2D eigenvalue weighted by Gasteiger charge is 2.19. The van der Waals surface area contributed by atoms with Crippen molar-refractivity contribution in [1.82, 2.24) is 0 Å². The summed E-state index contributed by atoms with van der Waals surface area (Å²) in [4.78, 5) is 0. The van der Waals surface area contributed by atoms with Gasteiger partial charge in [0.2, 0.25) is 0 Å². The SMILES string of the molecule is CC(N)(CCCc1ccccc1)c1ccccc1. The van der Waals surface area contributed by atoms with Crippen molar-refractivity contribution in [3.63, 3.8) is 0 Å². The maximum atomic E-state index is 6.40. The zero-order valence-corrected chi connectivity index (χ0v) is 11.0. The summed E-state index contributed by atoms with van der Waals surface area (Å²) in [5.41, 5.74) is 8.79. The average molecular weight is 239 g/mol. The van der Waals surface area contributed by atoms with E-state index in [4.69, 9.17) is 5.73 Å². The first-order chi connectivity index (χ1) is 8.68. The number of aryl methyl sites for hydroxylation is 1. The predicted octanol–water partition coefficient (Wildman–Crippen LogP) is 3.88. The second-order valence-corrected chi connectivity index (χ2v) is 5.12. The molecule has 0 bridgehead atoms. The molecule has 1 nitrogen and oxygen atoms in total. The maximum absolute atomic E-state index is 6.40. The molecular formula is C17H21N. The van der Waals surface area contributed by atoms with Crippen LogP contribution in [0, 0.1) is 0 Å². The van der Waals surface area contributed by atoms with Gasteiger partial charge in [0.25, 0.3) is 0 Å². The molecule has 0 aliphatic rings. The Bertz CT molecular complexity index is 459. The Hall–Kier alpha value is -1.60. The second-order valence-electron chi connectivity index (χ2n) is 5.12. The van der Waals surface area contributed by atoms with E-state index in [1.807, 2.05) is 6.07 Å². The second kappa shape index (κ2) is 5.83. The van der Waals surface area contributed by atoms with Crippen LogP contribution in [0.5, 0.6) is 0 Å². The predicted molar refractivity (Wildman–Crippen MR) is 77.4 cm³/mol. The molecule has 1 heteroatoms. The molecule has 1 unspecified atom stereocenters. The lowest BCUT2D eigenvalue weighted by molar-refractivity contribution is 0.436. The largest absolute Gasteiger partial charge is 0.322 e. The van der Waals surface area contributed by atoms with E-state index in [9.17, 15) is 0 Å². The van der Waals surface area contributed by atoms with Crippen LogP contribution in [0.25, 0.3) is 0 Å². The van der Waals surface area contributed by atoms with Crippen molar-refractivity contribution in [3.05, 3.63) is 71.8 Å². The summed E-state index contributed by atoms with van der Waals surface area (Å²) in [6.07, 6.45) is 3.22. The molecule has 0 aromatic heterocycles. The summed E-state index contributed by atoms with van der Waals surface area (Å²) in [5, 5.41) is 0. The van der Waals surface area contributed by atoms with E-state index in [1.54, 1.807) is 0 Å². The number of hydrogen-bond donors (Lipinski definition) is 1. The van der Waals surface area contributed by atoms with Crippen LogP contribution in [0.2, 0.25) is 0 Å². The van der Waals surface area contributed by atoms with Crippen molar-refractivity contribution in [1.29, 1.82) is 0 Å². The minimum Gasteiger partial charge on any atom is -0.322 e. The van der Waals surface area contributed by atoms with Gasteiger partial charge in [0.15, 0.2) is 0 Å². The lowest BCUT2D eigenvalue weighted by Crippen LogP contribution is -2.32. The molecule has 0 fully saturated rings. The van der Waals surface area contributed by atoms with Crippen LogP contribution in [0.4, 0.5) is 0 Å². The average Bonchev–Trinajstić information content (AvgIpc) is 2.41. The maximum Gasteiger partial charge on any atom is 0.0381 e. The minimum absolute atomic E-state index is 0.226. The van der Waals surface area contributed by atoms with Crippen LogP contribution in [0.15, 0.2) is 60.7 Å². The van der Waals surface area contributed by atoms with Crippen LogP contribution >= 0.6 is 0 Å². The lowest BCUT2D eigenvalue weighted by atomic mass is 9.87. The highest BCUT2D eigenvalue weighted by atomic mass is 14.7. The summed E-state index contributed by atoms with van der Waals surface area (Å²) in [5.74, 6) is 0. The summed E-state index contributed by atoms with van der Waals surface area (Å²) >= 11 is 0. The van der Waals surface area contributed by atoms with Crippen molar-refractivity contribution in [2.24, 2.45) is 5.73 Å². The van der Waals surface area contributed by atoms with Gasteiger partial charge in [-0.1, -0.05) is 60.7 Å². The van der Waals surface area contributed by atoms with Gasteiger partial charge in [0.1, 0.15) is 0 Å². The van der Waals surface area contributed by atoms with Gasteiger partial charge in [-0.25, -0.2) is 0 Å². The smallest absolute Gasteiger partial charge is 0.0381 e. The monoisotopic (exact) mass is 239 g/mol. The standard InChI is InChI=1S/C17H21N/c1-17(18,16-12-6-3-7-13-16)14-8-11-15-9-4-2-5-10-15/h2-7,9-10,12-13H,8,11,14,18H2,1H3. The first-order valence-corrected chi connectivity index (χ1v) is 6.57. The van der Waals surface area contributed by atoms with Gasteiger partial charge < -0.3 is 5.73 Å². The summed E-state index contributed by atoms with van der Waals surface area (Å²) < 4.78 is 0. The first kappa shape index (κ1) is 12.8. The third-order valence-corrected chi connectivity index (χ3v) is 3.44. The zero-order valence-electron chi connectivity index (χ0n) is 11.0. The third-order valence-electron chi connectivity index (χ3n) is 3.44. The molecule has 2 rings (SSSR count). The molecular weight excluding hydrogens is 218 g/mol. The van der Waals surface area contributed by atoms with Gasteiger partial charge >= 0.3 is 0 Å². The Kier molecular flexibility index (Phi) is 4.16. The summed E-state index contributed by atoms with van der Waals surface area (Å²) in [7, 11) is 0. The zero-order chi connectivity index (χ0) is 12.8. The van der Waals surface area contributed by atoms with Crippen LogP contribution in [0.3, 0.4) is 0 Å². The number of hydrogen-bond acceptors (Lipinski definition) is 1. The highest BCUT2D eigenvalue weighted by molar-refractivity contribution is 5.23. The Morgan fingerprint density at radius 2 is 1.44 bits per heavy atom. The first-order valence-electron chi connectivity index (χ1n) is 6.57. The van der Waals surface area contributed by atoms with Crippen molar-refractivity contribution in [2.45, 2.75) is 31.7 Å². The molecule has 2 aromatic rings. The number of benzene rings is 2. The van der Waals surface area contributed by atoms with Gasteiger partial charge in [0.05, 0.1) is 0 Å². The van der Waals surface area contributed by atoms with E-state index < -0.39 is 0 Å². The van der Waals surface area contributed by atoms with Gasteiger partial charge in [-0.15, -0.1) is 0 Å². The van der Waals surface area contributed by atoms with Crippen molar-refractivity contribution in [2.75, 3.05) is 0 Å². The number of rotatable bonds is 5. The molecule has 2 aromatic carbocycles. The molecule has 0 saturated carbocycles. The van der Waals surface area contributed by atoms with Crippen molar-refractivity contribution >= 4 is 0 Å². The van der Waals surface area contributed by atoms with Gasteiger partial charge in [-0.05, 0) is 37.3 Å². The number of nitrogens with two attached hydrogens (primary N) is 1. The van der Waals surface area contributed by atoms with E-state index in [2.05, 4.69) is 61.5 Å².